The molecule has 1 aliphatic rings. The molecular weight excluding hydrogens is 431 g/mol. The average Bonchev–Trinajstić information content (AvgIpc) is 3.17. The Balaban J connectivity index is 0.000000360. The van der Waals surface area contributed by atoms with Crippen LogP contribution in [-0.4, -0.2) is 56.0 Å². The maximum atomic E-state index is 10.9. The van der Waals surface area contributed by atoms with Gasteiger partial charge in [0.2, 0.25) is 5.95 Å². The molecule has 12 heteroatoms. The Hall–Kier alpha value is -3.93. The van der Waals surface area contributed by atoms with Crippen molar-refractivity contribution in [3.8, 4) is 0 Å². The Bertz CT molecular complexity index is 1160. The standard InChI is InChI=1S/C18H17N5O2.C2HF3O2/c24-17(25)13-3-5-14(6-4-13)20-18-21-16-15(2-1-11-23(16)22-18)12-7-9-19-10-8-12;3-2(4,5)1(6)7/h1-7,11,19H,8-10H2,(H,20,22)(H,24,25);(H,6,7). The van der Waals surface area contributed by atoms with Gasteiger partial charge in [0.05, 0.1) is 5.56 Å². The fourth-order valence-electron chi connectivity index (χ4n) is 2.90. The highest BCUT2D eigenvalue weighted by molar-refractivity contribution is 5.88. The number of carboxylic acid groups (broad SMARTS) is 2. The van der Waals surface area contributed by atoms with Gasteiger partial charge in [-0.05, 0) is 54.9 Å². The number of benzene rings is 1. The Morgan fingerprint density at radius 1 is 1.12 bits per heavy atom. The number of hydrogen-bond donors (Lipinski definition) is 4. The molecule has 0 amide bonds. The molecule has 4 rings (SSSR count). The molecular formula is C20H18F3N5O4. The van der Waals surface area contributed by atoms with E-state index in [0.717, 1.165) is 36.4 Å². The van der Waals surface area contributed by atoms with Crippen LogP contribution in [0, 0.1) is 0 Å². The van der Waals surface area contributed by atoms with Gasteiger partial charge in [-0.25, -0.2) is 14.1 Å². The number of fused-ring (bicyclic) bond motifs is 1. The molecule has 0 fully saturated rings. The highest BCUT2D eigenvalue weighted by atomic mass is 19.4. The predicted molar refractivity (Wildman–Crippen MR) is 109 cm³/mol. The number of aromatic nitrogens is 3. The van der Waals surface area contributed by atoms with Gasteiger partial charge in [0.25, 0.3) is 0 Å². The number of nitrogens with one attached hydrogen (secondary N) is 2. The van der Waals surface area contributed by atoms with E-state index in [1.807, 2.05) is 12.3 Å². The van der Waals surface area contributed by atoms with Crippen molar-refractivity contribution in [1.29, 1.82) is 0 Å². The van der Waals surface area contributed by atoms with Gasteiger partial charge >= 0.3 is 18.1 Å². The Morgan fingerprint density at radius 2 is 1.81 bits per heavy atom. The third kappa shape index (κ3) is 5.60. The number of anilines is 2. The SMILES string of the molecule is O=C(O)C(F)(F)F.O=C(O)c1ccc(Nc2nc3c(C4=CCNCC4)cccn3n2)cc1. The zero-order valence-electron chi connectivity index (χ0n) is 16.4. The van der Waals surface area contributed by atoms with Crippen molar-refractivity contribution in [2.24, 2.45) is 0 Å². The van der Waals surface area contributed by atoms with Crippen molar-refractivity contribution in [2.45, 2.75) is 12.6 Å². The minimum absolute atomic E-state index is 0.244. The van der Waals surface area contributed by atoms with Crippen LogP contribution in [-0.2, 0) is 4.79 Å². The van der Waals surface area contributed by atoms with Crippen LogP contribution in [0.15, 0.2) is 48.7 Å². The van der Waals surface area contributed by atoms with E-state index in [9.17, 15) is 18.0 Å². The van der Waals surface area contributed by atoms with Crippen LogP contribution in [0.25, 0.3) is 11.2 Å². The van der Waals surface area contributed by atoms with Crippen molar-refractivity contribution in [3.05, 3.63) is 59.8 Å². The van der Waals surface area contributed by atoms with E-state index in [2.05, 4.69) is 32.9 Å². The summed E-state index contributed by atoms with van der Waals surface area (Å²) in [6.07, 6.45) is -0.0661. The van der Waals surface area contributed by atoms with Crippen LogP contribution in [0.4, 0.5) is 24.8 Å². The monoisotopic (exact) mass is 449 g/mol. The number of carboxylic acids is 2. The van der Waals surface area contributed by atoms with Crippen molar-refractivity contribution in [1.82, 2.24) is 19.9 Å². The first-order chi connectivity index (χ1) is 15.1. The van der Waals surface area contributed by atoms with E-state index in [0.29, 0.717) is 5.95 Å². The highest BCUT2D eigenvalue weighted by Gasteiger charge is 2.38. The molecule has 0 bridgehead atoms. The average molecular weight is 449 g/mol. The molecule has 0 radical (unpaired) electrons. The van der Waals surface area contributed by atoms with Crippen molar-refractivity contribution in [3.63, 3.8) is 0 Å². The van der Waals surface area contributed by atoms with Gasteiger partial charge in [-0.3, -0.25) is 0 Å². The number of aliphatic carboxylic acids is 1. The number of alkyl halides is 3. The third-order valence-corrected chi connectivity index (χ3v) is 4.40. The van der Waals surface area contributed by atoms with Crippen LogP contribution >= 0.6 is 0 Å². The lowest BCUT2D eigenvalue weighted by Crippen LogP contribution is -2.21. The molecule has 2 aromatic heterocycles. The molecule has 9 nitrogen and oxygen atoms in total. The summed E-state index contributed by atoms with van der Waals surface area (Å²) in [5.41, 5.74) is 4.15. The number of rotatable bonds is 4. The molecule has 168 valence electrons. The molecule has 3 aromatic rings. The molecule has 4 N–H and O–H groups in total. The van der Waals surface area contributed by atoms with Crippen LogP contribution in [0.3, 0.4) is 0 Å². The number of pyridine rings is 1. The molecule has 0 aliphatic carbocycles. The van der Waals surface area contributed by atoms with Gasteiger partial charge in [-0.15, -0.1) is 5.10 Å². The van der Waals surface area contributed by atoms with E-state index in [-0.39, 0.29) is 5.56 Å². The Kier molecular flexibility index (Phi) is 6.73. The molecule has 0 spiro atoms. The van der Waals surface area contributed by atoms with Gasteiger partial charge in [0.1, 0.15) is 0 Å². The summed E-state index contributed by atoms with van der Waals surface area (Å²) in [6, 6.07) is 10.5. The first-order valence-electron chi connectivity index (χ1n) is 9.31. The summed E-state index contributed by atoms with van der Waals surface area (Å²) >= 11 is 0. The van der Waals surface area contributed by atoms with Gasteiger partial charge in [-0.1, -0.05) is 6.08 Å². The minimum atomic E-state index is -5.08. The summed E-state index contributed by atoms with van der Waals surface area (Å²) in [5.74, 6) is -3.23. The zero-order valence-corrected chi connectivity index (χ0v) is 16.4. The van der Waals surface area contributed by atoms with E-state index in [4.69, 9.17) is 15.0 Å². The van der Waals surface area contributed by atoms with Gasteiger partial charge < -0.3 is 20.8 Å². The van der Waals surface area contributed by atoms with E-state index in [1.54, 1.807) is 28.8 Å². The molecule has 3 heterocycles. The second-order valence-electron chi connectivity index (χ2n) is 6.62. The fraction of sp³-hybridized carbons (Fsp3) is 0.200. The Labute approximate surface area is 179 Å². The van der Waals surface area contributed by atoms with Crippen LogP contribution in [0.5, 0.6) is 0 Å². The number of nitrogens with zero attached hydrogens (tertiary/aromatic N) is 3. The van der Waals surface area contributed by atoms with E-state index in [1.165, 1.54) is 5.57 Å². The third-order valence-electron chi connectivity index (χ3n) is 4.40. The Morgan fingerprint density at radius 3 is 2.38 bits per heavy atom. The second-order valence-corrected chi connectivity index (χ2v) is 6.62. The highest BCUT2D eigenvalue weighted by Crippen LogP contribution is 2.24. The number of halogens is 3. The lowest BCUT2D eigenvalue weighted by molar-refractivity contribution is -0.192. The minimum Gasteiger partial charge on any atom is -0.478 e. The van der Waals surface area contributed by atoms with E-state index < -0.39 is 18.1 Å². The summed E-state index contributed by atoms with van der Waals surface area (Å²) in [7, 11) is 0. The molecule has 32 heavy (non-hydrogen) atoms. The summed E-state index contributed by atoms with van der Waals surface area (Å²) < 4.78 is 33.5. The zero-order chi connectivity index (χ0) is 23.3. The fourth-order valence-corrected chi connectivity index (χ4v) is 2.90. The second kappa shape index (κ2) is 9.47. The molecule has 0 unspecified atom stereocenters. The van der Waals surface area contributed by atoms with Gasteiger partial charge in [0, 0.05) is 24.0 Å². The van der Waals surface area contributed by atoms with E-state index >= 15 is 0 Å². The predicted octanol–water partition coefficient (Wildman–Crippen LogP) is 3.18. The number of carbonyl (C=O) groups is 2. The maximum Gasteiger partial charge on any atom is 0.490 e. The lowest BCUT2D eigenvalue weighted by atomic mass is 10.0. The van der Waals surface area contributed by atoms with Crippen molar-refractivity contribution in [2.75, 3.05) is 18.4 Å². The molecule has 0 saturated heterocycles. The van der Waals surface area contributed by atoms with Gasteiger partial charge in [-0.2, -0.15) is 18.2 Å². The molecule has 1 aliphatic heterocycles. The molecule has 0 saturated carbocycles. The normalized spacial score (nSPS) is 13.7. The van der Waals surface area contributed by atoms with Crippen LogP contribution < -0.4 is 10.6 Å². The van der Waals surface area contributed by atoms with Gasteiger partial charge in [0.15, 0.2) is 5.65 Å². The summed E-state index contributed by atoms with van der Waals surface area (Å²) in [6.45, 7) is 1.83. The van der Waals surface area contributed by atoms with Crippen LogP contribution in [0.1, 0.15) is 22.3 Å². The first kappa shape index (κ1) is 22.7. The summed E-state index contributed by atoms with van der Waals surface area (Å²) in [5, 5.41) is 27.0. The topological polar surface area (TPSA) is 129 Å². The largest absolute Gasteiger partial charge is 0.490 e. The lowest BCUT2D eigenvalue weighted by Gasteiger charge is -2.14. The van der Waals surface area contributed by atoms with Crippen molar-refractivity contribution < 1.29 is 33.0 Å². The first-order valence-corrected chi connectivity index (χ1v) is 9.31. The van der Waals surface area contributed by atoms with Crippen molar-refractivity contribution >= 4 is 34.8 Å². The smallest absolute Gasteiger partial charge is 0.478 e. The molecule has 1 aromatic carbocycles. The summed E-state index contributed by atoms with van der Waals surface area (Å²) in [4.78, 5) is 24.4. The number of hydrogen-bond acceptors (Lipinski definition) is 6. The van der Waals surface area contributed by atoms with Crippen LogP contribution in [0.2, 0.25) is 0 Å². The molecule has 0 atom stereocenters. The quantitative estimate of drug-likeness (QED) is 0.478. The number of aromatic carboxylic acids is 1. The maximum absolute atomic E-state index is 10.9.